The van der Waals surface area contributed by atoms with Gasteiger partial charge in [0.05, 0.1) is 13.2 Å². The molecule has 0 spiro atoms. The summed E-state index contributed by atoms with van der Waals surface area (Å²) in [7, 11) is 1.61. The van der Waals surface area contributed by atoms with E-state index in [1.165, 1.54) is 0 Å². The molecule has 4 heteroatoms. The van der Waals surface area contributed by atoms with Crippen LogP contribution in [0.1, 0.15) is 30.1 Å². The van der Waals surface area contributed by atoms with Gasteiger partial charge in [0.2, 0.25) is 0 Å². The van der Waals surface area contributed by atoms with E-state index < -0.39 is 6.10 Å². The van der Waals surface area contributed by atoms with Crippen molar-refractivity contribution in [3.63, 3.8) is 0 Å². The molecule has 1 heterocycles. The van der Waals surface area contributed by atoms with Crippen LogP contribution in [0.25, 0.3) is 0 Å². The average molecular weight is 256 g/mol. The third kappa shape index (κ3) is 2.57. The van der Waals surface area contributed by atoms with E-state index in [0.29, 0.717) is 10.8 Å². The molecule has 0 bridgehead atoms. The van der Waals surface area contributed by atoms with E-state index >= 15 is 0 Å². The van der Waals surface area contributed by atoms with Crippen molar-refractivity contribution < 1.29 is 9.84 Å². The Hall–Kier alpha value is -0.770. The predicted molar refractivity (Wildman–Crippen MR) is 68.7 cm³/mol. The van der Waals surface area contributed by atoms with Gasteiger partial charge in [-0.3, -0.25) is 0 Å². The van der Waals surface area contributed by atoms with Gasteiger partial charge in [-0.05, 0) is 44.0 Å². The van der Waals surface area contributed by atoms with Crippen molar-refractivity contribution in [1.82, 2.24) is 5.32 Å². The Bertz CT molecular complexity index is 403. The van der Waals surface area contributed by atoms with Crippen molar-refractivity contribution >= 4 is 11.6 Å². The molecule has 17 heavy (non-hydrogen) atoms. The molecule has 1 aromatic rings. The zero-order chi connectivity index (χ0) is 12.4. The number of hydrogen-bond acceptors (Lipinski definition) is 3. The molecule has 0 aromatic heterocycles. The van der Waals surface area contributed by atoms with Crippen LogP contribution in [0.3, 0.4) is 0 Å². The van der Waals surface area contributed by atoms with E-state index in [0.717, 1.165) is 30.5 Å². The van der Waals surface area contributed by atoms with Crippen molar-refractivity contribution in [1.29, 1.82) is 0 Å². The monoisotopic (exact) mass is 255 g/mol. The maximum Gasteiger partial charge on any atom is 0.125 e. The molecule has 2 unspecified atom stereocenters. The summed E-state index contributed by atoms with van der Waals surface area (Å²) in [4.78, 5) is 0. The third-order valence-corrected chi connectivity index (χ3v) is 3.72. The topological polar surface area (TPSA) is 41.5 Å². The van der Waals surface area contributed by atoms with Gasteiger partial charge >= 0.3 is 0 Å². The van der Waals surface area contributed by atoms with Crippen LogP contribution < -0.4 is 10.1 Å². The number of aliphatic hydroxyl groups is 1. The highest BCUT2D eigenvalue weighted by Crippen LogP contribution is 2.34. The first-order chi connectivity index (χ1) is 8.13. The maximum atomic E-state index is 10.3. The summed E-state index contributed by atoms with van der Waals surface area (Å²) in [5, 5.41) is 14.3. The molecule has 0 radical (unpaired) electrons. The van der Waals surface area contributed by atoms with Crippen LogP contribution in [0.4, 0.5) is 0 Å². The minimum absolute atomic E-state index is 0.0997. The quantitative estimate of drug-likeness (QED) is 0.872. The van der Waals surface area contributed by atoms with Crippen LogP contribution in [0, 0.1) is 6.92 Å². The van der Waals surface area contributed by atoms with Gasteiger partial charge in [0.1, 0.15) is 5.75 Å². The highest BCUT2D eigenvalue weighted by molar-refractivity contribution is 6.31. The Morgan fingerprint density at radius 3 is 2.88 bits per heavy atom. The van der Waals surface area contributed by atoms with Crippen molar-refractivity contribution in [2.45, 2.75) is 31.9 Å². The summed E-state index contributed by atoms with van der Waals surface area (Å²) in [6.07, 6.45) is 1.52. The predicted octanol–water partition coefficient (Wildman–Crippen LogP) is 2.44. The summed E-state index contributed by atoms with van der Waals surface area (Å²) in [6, 6.07) is 3.78. The number of aliphatic hydroxyl groups excluding tert-OH is 1. The molecule has 0 amide bonds. The van der Waals surface area contributed by atoms with Gasteiger partial charge in [0.25, 0.3) is 0 Å². The molecule has 0 aliphatic carbocycles. The van der Waals surface area contributed by atoms with E-state index in [1.807, 2.05) is 13.0 Å². The highest BCUT2D eigenvalue weighted by atomic mass is 35.5. The van der Waals surface area contributed by atoms with Crippen LogP contribution >= 0.6 is 11.6 Å². The van der Waals surface area contributed by atoms with Crippen LogP contribution in [0.5, 0.6) is 5.75 Å². The van der Waals surface area contributed by atoms with Crippen LogP contribution in [-0.4, -0.2) is 24.8 Å². The summed E-state index contributed by atoms with van der Waals surface area (Å²) in [6.45, 7) is 2.89. The molecule has 1 aromatic carbocycles. The molecule has 3 nitrogen and oxygen atoms in total. The Labute approximate surface area is 107 Å². The molecular formula is C13H18ClNO2. The van der Waals surface area contributed by atoms with E-state index in [-0.39, 0.29) is 6.04 Å². The number of halogens is 1. The summed E-state index contributed by atoms with van der Waals surface area (Å²) in [5.41, 5.74) is 1.72. The molecule has 0 saturated carbocycles. The first-order valence-corrected chi connectivity index (χ1v) is 6.26. The minimum atomic E-state index is -0.564. The Balaban J connectivity index is 2.32. The van der Waals surface area contributed by atoms with E-state index in [2.05, 4.69) is 5.32 Å². The second-order valence-corrected chi connectivity index (χ2v) is 4.90. The van der Waals surface area contributed by atoms with Gasteiger partial charge in [-0.15, -0.1) is 0 Å². The van der Waals surface area contributed by atoms with Crippen LogP contribution in [0.15, 0.2) is 12.1 Å². The standard InChI is InChI=1S/C13H18ClNO2/c1-8-6-12(17-2)9(7-10(8)14)13(16)11-4-3-5-15-11/h6-7,11,13,15-16H,3-5H2,1-2H3. The molecule has 1 fully saturated rings. The smallest absolute Gasteiger partial charge is 0.125 e. The maximum absolute atomic E-state index is 10.3. The highest BCUT2D eigenvalue weighted by Gasteiger charge is 2.26. The normalized spacial score (nSPS) is 21.5. The number of nitrogens with one attached hydrogen (secondary N) is 1. The molecule has 94 valence electrons. The lowest BCUT2D eigenvalue weighted by molar-refractivity contribution is 0.134. The minimum Gasteiger partial charge on any atom is -0.496 e. The molecule has 1 aliphatic rings. The van der Waals surface area contributed by atoms with E-state index in [9.17, 15) is 5.11 Å². The number of ether oxygens (including phenoxy) is 1. The number of hydrogen-bond donors (Lipinski definition) is 2. The van der Waals surface area contributed by atoms with Gasteiger partial charge in [0, 0.05) is 16.6 Å². The van der Waals surface area contributed by atoms with Crippen molar-refractivity contribution in [2.75, 3.05) is 13.7 Å². The van der Waals surface area contributed by atoms with Crippen molar-refractivity contribution in [3.8, 4) is 5.75 Å². The van der Waals surface area contributed by atoms with Gasteiger partial charge in [0.15, 0.2) is 0 Å². The molecule has 2 rings (SSSR count). The molecule has 2 atom stereocenters. The SMILES string of the molecule is COc1cc(C)c(Cl)cc1C(O)C1CCCN1. The third-order valence-electron chi connectivity index (χ3n) is 3.31. The number of rotatable bonds is 3. The van der Waals surface area contributed by atoms with Crippen LogP contribution in [0.2, 0.25) is 5.02 Å². The largest absolute Gasteiger partial charge is 0.496 e. The fourth-order valence-corrected chi connectivity index (χ4v) is 2.45. The number of methoxy groups -OCH3 is 1. The summed E-state index contributed by atoms with van der Waals surface area (Å²) in [5.74, 6) is 0.702. The van der Waals surface area contributed by atoms with Gasteiger partial charge in [-0.25, -0.2) is 0 Å². The fourth-order valence-electron chi connectivity index (χ4n) is 2.28. The second kappa shape index (κ2) is 5.25. The lowest BCUT2D eigenvalue weighted by Crippen LogP contribution is -2.29. The number of benzene rings is 1. The Morgan fingerprint density at radius 2 is 2.29 bits per heavy atom. The number of aryl methyl sites for hydroxylation is 1. The van der Waals surface area contributed by atoms with Gasteiger partial charge in [-0.2, -0.15) is 0 Å². The van der Waals surface area contributed by atoms with Crippen molar-refractivity contribution in [3.05, 3.63) is 28.3 Å². The average Bonchev–Trinajstić information content (AvgIpc) is 2.84. The Morgan fingerprint density at radius 1 is 1.53 bits per heavy atom. The van der Waals surface area contributed by atoms with Crippen molar-refractivity contribution in [2.24, 2.45) is 0 Å². The second-order valence-electron chi connectivity index (χ2n) is 4.49. The first-order valence-electron chi connectivity index (χ1n) is 5.89. The Kier molecular flexibility index (Phi) is 3.92. The summed E-state index contributed by atoms with van der Waals surface area (Å²) >= 11 is 6.11. The van der Waals surface area contributed by atoms with E-state index in [1.54, 1.807) is 13.2 Å². The van der Waals surface area contributed by atoms with E-state index in [4.69, 9.17) is 16.3 Å². The summed E-state index contributed by atoms with van der Waals surface area (Å²) < 4.78 is 5.32. The zero-order valence-corrected chi connectivity index (χ0v) is 10.9. The van der Waals surface area contributed by atoms with Gasteiger partial charge < -0.3 is 15.2 Å². The zero-order valence-electron chi connectivity index (χ0n) is 10.2. The lowest BCUT2D eigenvalue weighted by atomic mass is 9.99. The molecule has 1 saturated heterocycles. The molecule has 2 N–H and O–H groups in total. The first kappa shape index (κ1) is 12.7. The fraction of sp³-hybridized carbons (Fsp3) is 0.538. The molecular weight excluding hydrogens is 238 g/mol. The molecule has 1 aliphatic heterocycles. The lowest BCUT2D eigenvalue weighted by Gasteiger charge is -2.21. The van der Waals surface area contributed by atoms with Gasteiger partial charge in [-0.1, -0.05) is 11.6 Å². The van der Waals surface area contributed by atoms with Crippen LogP contribution in [-0.2, 0) is 0 Å².